The zero-order valence-electron chi connectivity index (χ0n) is 9.25. The van der Waals surface area contributed by atoms with E-state index in [9.17, 15) is 0 Å². The molecule has 2 nitrogen and oxygen atoms in total. The first-order valence-corrected chi connectivity index (χ1v) is 4.99. The first kappa shape index (κ1) is 11.2. The van der Waals surface area contributed by atoms with Gasteiger partial charge in [0.2, 0.25) is 0 Å². The molecule has 78 valence electrons. The maximum absolute atomic E-state index is 6.05. The summed E-state index contributed by atoms with van der Waals surface area (Å²) in [7, 11) is 0. The summed E-state index contributed by atoms with van der Waals surface area (Å²) in [5, 5.41) is 0. The number of rotatable bonds is 3. The minimum Gasteiger partial charge on any atom is -0.325 e. The molecule has 4 N–H and O–H groups in total. The van der Waals surface area contributed by atoms with E-state index in [2.05, 4.69) is 31.2 Å². The van der Waals surface area contributed by atoms with Crippen LogP contribution in [0.1, 0.15) is 37.4 Å². The Morgan fingerprint density at radius 1 is 1.21 bits per heavy atom. The van der Waals surface area contributed by atoms with Gasteiger partial charge in [0.15, 0.2) is 0 Å². The summed E-state index contributed by atoms with van der Waals surface area (Å²) in [6.07, 6.45) is 0.802. The maximum Gasteiger partial charge on any atom is 0.0312 e. The molecule has 0 spiro atoms. The Bertz CT molecular complexity index is 282. The average molecular weight is 192 g/mol. The molecule has 0 heterocycles. The molecule has 0 bridgehead atoms. The lowest BCUT2D eigenvalue weighted by Crippen LogP contribution is -2.35. The smallest absolute Gasteiger partial charge is 0.0312 e. The number of aryl methyl sites for hydroxylation is 1. The normalized spacial score (nSPS) is 14.1. The van der Waals surface area contributed by atoms with Crippen LogP contribution in [0.2, 0.25) is 0 Å². The van der Waals surface area contributed by atoms with Gasteiger partial charge < -0.3 is 11.5 Å². The van der Waals surface area contributed by atoms with Crippen molar-refractivity contribution in [2.24, 2.45) is 11.5 Å². The second-order valence-electron chi connectivity index (χ2n) is 4.71. The van der Waals surface area contributed by atoms with Crippen LogP contribution in [0.15, 0.2) is 24.3 Å². The van der Waals surface area contributed by atoms with Gasteiger partial charge in [0.05, 0.1) is 0 Å². The molecule has 0 aliphatic carbocycles. The molecular weight excluding hydrogens is 172 g/mol. The topological polar surface area (TPSA) is 52.0 Å². The van der Waals surface area contributed by atoms with Crippen molar-refractivity contribution in [2.75, 3.05) is 0 Å². The SMILES string of the molecule is Cc1ccc(C(N)CC(C)(C)N)cc1. The van der Waals surface area contributed by atoms with Crippen molar-refractivity contribution in [3.8, 4) is 0 Å². The standard InChI is InChI=1S/C12H20N2/c1-9-4-6-10(7-5-9)11(13)8-12(2,3)14/h4-7,11H,8,13-14H2,1-3H3. The molecule has 0 aliphatic rings. The number of hydrogen-bond donors (Lipinski definition) is 2. The van der Waals surface area contributed by atoms with Crippen LogP contribution in [0.5, 0.6) is 0 Å². The molecule has 0 aromatic heterocycles. The van der Waals surface area contributed by atoms with E-state index < -0.39 is 0 Å². The molecule has 0 saturated carbocycles. The molecule has 2 heteroatoms. The van der Waals surface area contributed by atoms with Crippen LogP contribution < -0.4 is 11.5 Å². The van der Waals surface area contributed by atoms with Gasteiger partial charge in [-0.25, -0.2) is 0 Å². The van der Waals surface area contributed by atoms with Gasteiger partial charge in [-0.05, 0) is 32.8 Å². The van der Waals surface area contributed by atoms with Crippen molar-refractivity contribution < 1.29 is 0 Å². The molecule has 1 aromatic rings. The predicted octanol–water partition coefficient (Wildman–Crippen LogP) is 2.12. The summed E-state index contributed by atoms with van der Waals surface area (Å²) in [5.41, 5.74) is 14.2. The zero-order chi connectivity index (χ0) is 10.8. The summed E-state index contributed by atoms with van der Waals surface area (Å²) < 4.78 is 0. The van der Waals surface area contributed by atoms with E-state index in [0.29, 0.717) is 0 Å². The molecule has 1 atom stereocenters. The minimum atomic E-state index is -0.204. The summed E-state index contributed by atoms with van der Waals surface area (Å²) in [6, 6.07) is 8.35. The van der Waals surface area contributed by atoms with E-state index in [1.165, 1.54) is 5.56 Å². The van der Waals surface area contributed by atoms with E-state index in [0.717, 1.165) is 12.0 Å². The Kier molecular flexibility index (Phi) is 3.29. The highest BCUT2D eigenvalue weighted by molar-refractivity contribution is 5.24. The molecule has 0 fully saturated rings. The zero-order valence-corrected chi connectivity index (χ0v) is 9.25. The Morgan fingerprint density at radius 3 is 2.14 bits per heavy atom. The van der Waals surface area contributed by atoms with Gasteiger partial charge in [-0.3, -0.25) is 0 Å². The Hall–Kier alpha value is -0.860. The highest BCUT2D eigenvalue weighted by Crippen LogP contribution is 2.20. The summed E-state index contributed by atoms with van der Waals surface area (Å²) in [4.78, 5) is 0. The van der Waals surface area contributed by atoms with Gasteiger partial charge in [0, 0.05) is 11.6 Å². The number of benzene rings is 1. The van der Waals surface area contributed by atoms with Crippen LogP contribution in [-0.4, -0.2) is 5.54 Å². The van der Waals surface area contributed by atoms with Crippen LogP contribution in [0.4, 0.5) is 0 Å². The Labute approximate surface area is 86.3 Å². The molecule has 0 aliphatic heterocycles. The Balaban J connectivity index is 2.70. The van der Waals surface area contributed by atoms with Crippen molar-refractivity contribution in [1.29, 1.82) is 0 Å². The first-order chi connectivity index (χ1) is 6.38. The van der Waals surface area contributed by atoms with Gasteiger partial charge in [-0.15, -0.1) is 0 Å². The molecule has 0 radical (unpaired) electrons. The summed E-state index contributed by atoms with van der Waals surface area (Å²) in [5.74, 6) is 0. The van der Waals surface area contributed by atoms with Crippen molar-refractivity contribution in [3.05, 3.63) is 35.4 Å². The molecule has 14 heavy (non-hydrogen) atoms. The van der Waals surface area contributed by atoms with E-state index in [-0.39, 0.29) is 11.6 Å². The second-order valence-corrected chi connectivity index (χ2v) is 4.71. The second kappa shape index (κ2) is 4.11. The molecule has 0 saturated heterocycles. The Morgan fingerprint density at radius 2 is 1.71 bits per heavy atom. The largest absolute Gasteiger partial charge is 0.325 e. The lowest BCUT2D eigenvalue weighted by molar-refractivity contribution is 0.429. The highest BCUT2D eigenvalue weighted by atomic mass is 14.7. The fourth-order valence-corrected chi connectivity index (χ4v) is 1.50. The number of hydrogen-bond acceptors (Lipinski definition) is 2. The maximum atomic E-state index is 6.05. The third-order valence-electron chi connectivity index (χ3n) is 2.25. The molecule has 1 unspecified atom stereocenters. The van der Waals surface area contributed by atoms with Gasteiger partial charge >= 0.3 is 0 Å². The third-order valence-corrected chi connectivity index (χ3v) is 2.25. The molecule has 0 amide bonds. The van der Waals surface area contributed by atoms with Crippen LogP contribution in [-0.2, 0) is 0 Å². The summed E-state index contributed by atoms with van der Waals surface area (Å²) in [6.45, 7) is 6.07. The van der Waals surface area contributed by atoms with E-state index >= 15 is 0 Å². The minimum absolute atomic E-state index is 0.0376. The number of nitrogens with two attached hydrogens (primary N) is 2. The van der Waals surface area contributed by atoms with Gasteiger partial charge in [-0.2, -0.15) is 0 Å². The quantitative estimate of drug-likeness (QED) is 0.770. The van der Waals surface area contributed by atoms with Crippen molar-refractivity contribution in [3.63, 3.8) is 0 Å². The highest BCUT2D eigenvalue weighted by Gasteiger charge is 2.16. The lowest BCUT2D eigenvalue weighted by Gasteiger charge is -2.23. The molecule has 1 aromatic carbocycles. The average Bonchev–Trinajstić information content (AvgIpc) is 2.02. The van der Waals surface area contributed by atoms with Gasteiger partial charge in [0.25, 0.3) is 0 Å². The molecule has 1 rings (SSSR count). The van der Waals surface area contributed by atoms with Gasteiger partial charge in [0.1, 0.15) is 0 Å². The van der Waals surface area contributed by atoms with Crippen LogP contribution in [0, 0.1) is 6.92 Å². The summed E-state index contributed by atoms with van der Waals surface area (Å²) >= 11 is 0. The van der Waals surface area contributed by atoms with Crippen LogP contribution in [0.25, 0.3) is 0 Å². The van der Waals surface area contributed by atoms with Crippen molar-refractivity contribution >= 4 is 0 Å². The van der Waals surface area contributed by atoms with Crippen molar-refractivity contribution in [2.45, 2.75) is 38.8 Å². The van der Waals surface area contributed by atoms with Crippen LogP contribution in [0.3, 0.4) is 0 Å². The monoisotopic (exact) mass is 192 g/mol. The van der Waals surface area contributed by atoms with E-state index in [4.69, 9.17) is 11.5 Å². The fraction of sp³-hybridized carbons (Fsp3) is 0.500. The third kappa shape index (κ3) is 3.48. The first-order valence-electron chi connectivity index (χ1n) is 4.99. The predicted molar refractivity (Wildman–Crippen MR) is 61.0 cm³/mol. The van der Waals surface area contributed by atoms with E-state index in [1.807, 2.05) is 13.8 Å². The van der Waals surface area contributed by atoms with E-state index in [1.54, 1.807) is 0 Å². The lowest BCUT2D eigenvalue weighted by atomic mass is 9.92. The molecular formula is C12H20N2. The van der Waals surface area contributed by atoms with Gasteiger partial charge in [-0.1, -0.05) is 29.8 Å². The van der Waals surface area contributed by atoms with Crippen molar-refractivity contribution in [1.82, 2.24) is 0 Å². The van der Waals surface area contributed by atoms with Crippen LogP contribution >= 0.6 is 0 Å². The fourth-order valence-electron chi connectivity index (χ4n) is 1.50.